The van der Waals surface area contributed by atoms with E-state index in [-0.39, 0.29) is 5.91 Å². The summed E-state index contributed by atoms with van der Waals surface area (Å²) in [6.45, 7) is 2.12. The van der Waals surface area contributed by atoms with Crippen molar-refractivity contribution in [2.75, 3.05) is 0 Å². The van der Waals surface area contributed by atoms with Crippen LogP contribution in [0.15, 0.2) is 47.6 Å². The highest BCUT2D eigenvalue weighted by molar-refractivity contribution is 7.13. The van der Waals surface area contributed by atoms with E-state index in [4.69, 9.17) is 0 Å². The number of carbonyl (C=O) groups is 1. The van der Waals surface area contributed by atoms with Crippen molar-refractivity contribution in [3.05, 3.63) is 57.8 Å². The molecule has 18 heavy (non-hydrogen) atoms. The molecule has 0 bridgehead atoms. The van der Waals surface area contributed by atoms with E-state index in [1.54, 1.807) is 29.7 Å². The van der Waals surface area contributed by atoms with Gasteiger partial charge in [-0.05, 0) is 30.7 Å². The molecule has 0 unspecified atom stereocenters. The minimum atomic E-state index is -0.195. The van der Waals surface area contributed by atoms with Crippen LogP contribution in [0.4, 0.5) is 0 Å². The van der Waals surface area contributed by atoms with Crippen LogP contribution in [0.25, 0.3) is 0 Å². The molecule has 1 amide bonds. The Hall–Kier alpha value is -1.94. The number of nitrogens with zero attached hydrogens (tertiary/aromatic N) is 1. The predicted octanol–water partition coefficient (Wildman–Crippen LogP) is 3.07. The van der Waals surface area contributed by atoms with Crippen LogP contribution in [0.1, 0.15) is 27.0 Å². The average molecular weight is 258 g/mol. The number of aryl methyl sites for hydroxylation is 1. The summed E-state index contributed by atoms with van der Waals surface area (Å²) in [7, 11) is 0. The van der Waals surface area contributed by atoms with Gasteiger partial charge in [-0.25, -0.2) is 5.43 Å². The maximum Gasteiger partial charge on any atom is 0.271 e. The fraction of sp³-hybridized carbons (Fsp3) is 0.143. The number of thiophene rings is 1. The Bertz CT molecular complexity index is 546. The van der Waals surface area contributed by atoms with Gasteiger partial charge in [0.1, 0.15) is 0 Å². The molecule has 0 aliphatic carbocycles. The van der Waals surface area contributed by atoms with Gasteiger partial charge in [0.25, 0.3) is 5.91 Å². The molecule has 0 aliphatic rings. The van der Waals surface area contributed by atoms with Gasteiger partial charge >= 0.3 is 0 Å². The molecule has 0 atom stereocenters. The van der Waals surface area contributed by atoms with Crippen LogP contribution >= 0.6 is 11.3 Å². The van der Waals surface area contributed by atoms with E-state index in [0.717, 1.165) is 11.3 Å². The van der Waals surface area contributed by atoms with Gasteiger partial charge in [0.05, 0.1) is 6.21 Å². The fourth-order valence-corrected chi connectivity index (χ4v) is 2.29. The van der Waals surface area contributed by atoms with E-state index >= 15 is 0 Å². The molecule has 3 nitrogen and oxygen atoms in total. The highest BCUT2D eigenvalue weighted by Gasteiger charge is 2.01. The van der Waals surface area contributed by atoms with Crippen LogP contribution < -0.4 is 5.43 Å². The van der Waals surface area contributed by atoms with E-state index in [1.807, 2.05) is 24.3 Å². The summed E-state index contributed by atoms with van der Waals surface area (Å²) in [4.78, 5) is 14.0. The molecule has 0 aliphatic heterocycles. The zero-order valence-corrected chi connectivity index (χ0v) is 10.9. The zero-order valence-electron chi connectivity index (χ0n) is 10.1. The van der Waals surface area contributed by atoms with E-state index in [1.165, 1.54) is 4.88 Å². The van der Waals surface area contributed by atoms with Crippen molar-refractivity contribution in [3.63, 3.8) is 0 Å². The van der Waals surface area contributed by atoms with E-state index < -0.39 is 0 Å². The van der Waals surface area contributed by atoms with E-state index in [0.29, 0.717) is 5.56 Å². The zero-order chi connectivity index (χ0) is 12.8. The second-order valence-corrected chi connectivity index (χ2v) is 4.92. The Balaban J connectivity index is 1.93. The number of hydrogen-bond donors (Lipinski definition) is 1. The van der Waals surface area contributed by atoms with Crippen molar-refractivity contribution in [1.29, 1.82) is 0 Å². The Kier molecular flexibility index (Phi) is 4.25. The molecule has 1 heterocycles. The monoisotopic (exact) mass is 258 g/mol. The first-order valence-corrected chi connectivity index (χ1v) is 6.58. The van der Waals surface area contributed by atoms with Gasteiger partial charge in [-0.15, -0.1) is 11.3 Å². The van der Waals surface area contributed by atoms with Crippen molar-refractivity contribution in [1.82, 2.24) is 5.43 Å². The molecule has 0 radical (unpaired) electrons. The topological polar surface area (TPSA) is 41.5 Å². The lowest BCUT2D eigenvalue weighted by Crippen LogP contribution is -2.17. The first-order valence-electron chi connectivity index (χ1n) is 5.76. The maximum atomic E-state index is 11.7. The van der Waals surface area contributed by atoms with Crippen molar-refractivity contribution in [3.8, 4) is 0 Å². The van der Waals surface area contributed by atoms with Gasteiger partial charge in [0.2, 0.25) is 0 Å². The largest absolute Gasteiger partial charge is 0.271 e. The number of carbonyl (C=O) groups excluding carboxylic acids is 1. The Morgan fingerprint density at radius 2 is 2.06 bits per heavy atom. The molecule has 92 valence electrons. The summed E-state index contributed by atoms with van der Waals surface area (Å²) >= 11 is 1.68. The minimum absolute atomic E-state index is 0.195. The van der Waals surface area contributed by atoms with Gasteiger partial charge in [-0.2, -0.15) is 5.10 Å². The first-order chi connectivity index (χ1) is 8.79. The van der Waals surface area contributed by atoms with Gasteiger partial charge in [-0.1, -0.05) is 25.1 Å². The normalized spacial score (nSPS) is 10.7. The van der Waals surface area contributed by atoms with Crippen molar-refractivity contribution in [2.45, 2.75) is 13.3 Å². The third-order valence-electron chi connectivity index (χ3n) is 2.42. The molecular formula is C14H14N2OS. The summed E-state index contributed by atoms with van der Waals surface area (Å²) < 4.78 is 0. The van der Waals surface area contributed by atoms with Gasteiger partial charge in [0.15, 0.2) is 0 Å². The van der Waals surface area contributed by atoms with Gasteiger partial charge < -0.3 is 0 Å². The second kappa shape index (κ2) is 6.12. The van der Waals surface area contributed by atoms with Gasteiger partial charge in [0, 0.05) is 15.3 Å². The van der Waals surface area contributed by atoms with Crippen LogP contribution in [-0.2, 0) is 6.42 Å². The number of benzene rings is 1. The molecule has 4 heteroatoms. The number of nitrogens with one attached hydrogen (secondary N) is 1. The molecule has 0 saturated carbocycles. The quantitative estimate of drug-likeness (QED) is 0.664. The Labute approximate surface area is 110 Å². The number of hydrogen-bond acceptors (Lipinski definition) is 3. The molecule has 0 fully saturated rings. The summed E-state index contributed by atoms with van der Waals surface area (Å²) in [6.07, 6.45) is 2.69. The van der Waals surface area contributed by atoms with Gasteiger partial charge in [-0.3, -0.25) is 4.79 Å². The molecule has 2 rings (SSSR count). The highest BCUT2D eigenvalue weighted by atomic mass is 32.1. The summed E-state index contributed by atoms with van der Waals surface area (Å²) in [5.74, 6) is -0.195. The van der Waals surface area contributed by atoms with E-state index in [2.05, 4.69) is 23.5 Å². The van der Waals surface area contributed by atoms with Crippen molar-refractivity contribution >= 4 is 23.5 Å². The van der Waals surface area contributed by atoms with Crippen LogP contribution in [0, 0.1) is 0 Å². The lowest BCUT2D eigenvalue weighted by molar-refractivity contribution is 0.0955. The molecule has 0 saturated heterocycles. The second-order valence-electron chi connectivity index (χ2n) is 3.72. The van der Waals surface area contributed by atoms with E-state index in [9.17, 15) is 4.79 Å². The summed E-state index contributed by atoms with van der Waals surface area (Å²) in [5.41, 5.74) is 3.12. The SMILES string of the molecule is CCc1ccc(/C=N/NC(=O)c2ccccc2)s1. The standard InChI is InChI=1S/C14H14N2OS/c1-2-12-8-9-13(18-12)10-15-16-14(17)11-6-4-3-5-7-11/h3-10H,2H2,1H3,(H,16,17)/b15-10+. The molecule has 1 aromatic heterocycles. The third kappa shape index (κ3) is 3.28. The van der Waals surface area contributed by atoms with Crippen LogP contribution in [0.3, 0.4) is 0 Å². The number of rotatable bonds is 4. The first kappa shape index (κ1) is 12.5. The molecular weight excluding hydrogens is 244 g/mol. The van der Waals surface area contributed by atoms with Crippen LogP contribution in [0.2, 0.25) is 0 Å². The average Bonchev–Trinajstić information content (AvgIpc) is 2.87. The van der Waals surface area contributed by atoms with Crippen molar-refractivity contribution in [2.24, 2.45) is 5.10 Å². The number of hydrazone groups is 1. The Morgan fingerprint density at radius 1 is 1.28 bits per heavy atom. The molecule has 1 aromatic carbocycles. The predicted molar refractivity (Wildman–Crippen MR) is 75.2 cm³/mol. The highest BCUT2D eigenvalue weighted by Crippen LogP contribution is 2.14. The third-order valence-corrected chi connectivity index (χ3v) is 3.59. The number of amides is 1. The minimum Gasteiger partial charge on any atom is -0.267 e. The molecule has 1 N–H and O–H groups in total. The summed E-state index contributed by atoms with van der Waals surface area (Å²) in [5, 5.41) is 3.95. The van der Waals surface area contributed by atoms with Crippen LogP contribution in [-0.4, -0.2) is 12.1 Å². The van der Waals surface area contributed by atoms with Crippen LogP contribution in [0.5, 0.6) is 0 Å². The fourth-order valence-electron chi connectivity index (χ4n) is 1.46. The smallest absolute Gasteiger partial charge is 0.267 e. The maximum absolute atomic E-state index is 11.7. The lowest BCUT2D eigenvalue weighted by atomic mass is 10.2. The summed E-state index contributed by atoms with van der Waals surface area (Å²) in [6, 6.07) is 13.1. The molecule has 2 aromatic rings. The Morgan fingerprint density at radius 3 is 2.72 bits per heavy atom. The lowest BCUT2D eigenvalue weighted by Gasteiger charge is -1.97. The van der Waals surface area contributed by atoms with Crippen molar-refractivity contribution < 1.29 is 4.79 Å². The molecule has 0 spiro atoms.